The molecule has 0 unspecified atom stereocenters. The van der Waals surface area contributed by atoms with Gasteiger partial charge in [0.05, 0.1) is 17.3 Å². The molecule has 2 aromatic carbocycles. The van der Waals surface area contributed by atoms with Crippen molar-refractivity contribution in [3.05, 3.63) is 52.5 Å². The summed E-state index contributed by atoms with van der Waals surface area (Å²) >= 11 is 11.8. The number of nitrogens with one attached hydrogen (secondary N) is 2. The van der Waals surface area contributed by atoms with Gasteiger partial charge in [0.1, 0.15) is 5.75 Å². The predicted molar refractivity (Wildman–Crippen MR) is 86.7 cm³/mol. The zero-order valence-electron chi connectivity index (χ0n) is 11.7. The summed E-state index contributed by atoms with van der Waals surface area (Å²) in [5.41, 5.74) is 0.991. The highest BCUT2D eigenvalue weighted by Gasteiger charge is 2.07. The molecule has 8 heteroatoms. The largest absolute Gasteiger partial charge is 0.435 e. The van der Waals surface area contributed by atoms with Gasteiger partial charge in [-0.25, -0.2) is 0 Å². The summed E-state index contributed by atoms with van der Waals surface area (Å²) in [6.45, 7) is -2.92. The van der Waals surface area contributed by atoms with Crippen molar-refractivity contribution in [2.75, 3.05) is 17.2 Å². The molecule has 0 saturated heterocycles. The minimum atomic E-state index is -2.89. The van der Waals surface area contributed by atoms with Crippen LogP contribution < -0.4 is 15.4 Å². The highest BCUT2D eigenvalue weighted by atomic mass is 35.5. The number of ether oxygens (including phenoxy) is 1. The van der Waals surface area contributed by atoms with Crippen molar-refractivity contribution < 1.29 is 18.3 Å². The molecule has 0 aliphatic heterocycles. The van der Waals surface area contributed by atoms with E-state index in [-0.39, 0.29) is 18.2 Å². The van der Waals surface area contributed by atoms with Gasteiger partial charge in [0, 0.05) is 10.7 Å². The molecular formula is C15H12Cl2F2N2O2. The third kappa shape index (κ3) is 5.58. The van der Waals surface area contributed by atoms with Gasteiger partial charge in [-0.3, -0.25) is 4.79 Å². The Balaban J connectivity index is 1.88. The lowest BCUT2D eigenvalue weighted by Crippen LogP contribution is -2.21. The van der Waals surface area contributed by atoms with Gasteiger partial charge < -0.3 is 15.4 Å². The fraction of sp³-hybridized carbons (Fsp3) is 0.133. The Morgan fingerprint density at radius 1 is 1.13 bits per heavy atom. The van der Waals surface area contributed by atoms with Gasteiger partial charge in [-0.05, 0) is 42.5 Å². The Labute approximate surface area is 141 Å². The van der Waals surface area contributed by atoms with Gasteiger partial charge in [0.25, 0.3) is 0 Å². The maximum atomic E-state index is 12.0. The number of alkyl halides is 2. The molecule has 1 amide bonds. The molecule has 0 aliphatic rings. The summed E-state index contributed by atoms with van der Waals surface area (Å²) in [5, 5.41) is 6.40. The van der Waals surface area contributed by atoms with Crippen molar-refractivity contribution in [2.24, 2.45) is 0 Å². The molecule has 0 saturated carbocycles. The SMILES string of the molecule is O=C(CNc1cc(Cl)ccc1Cl)Nc1ccc(OC(F)F)cc1. The number of hydrogen-bond donors (Lipinski definition) is 2. The zero-order valence-corrected chi connectivity index (χ0v) is 13.2. The van der Waals surface area contributed by atoms with Crippen LogP contribution in [0.3, 0.4) is 0 Å². The van der Waals surface area contributed by atoms with E-state index in [1.54, 1.807) is 18.2 Å². The highest BCUT2D eigenvalue weighted by molar-refractivity contribution is 6.35. The molecule has 0 aliphatic carbocycles. The third-order valence-electron chi connectivity index (χ3n) is 2.73. The number of rotatable bonds is 6. The molecule has 2 aromatic rings. The number of amides is 1. The van der Waals surface area contributed by atoms with Crippen LogP contribution in [0.15, 0.2) is 42.5 Å². The first-order chi connectivity index (χ1) is 10.9. The summed E-state index contributed by atoms with van der Waals surface area (Å²) in [7, 11) is 0. The topological polar surface area (TPSA) is 50.4 Å². The summed E-state index contributed by atoms with van der Waals surface area (Å²) in [6.07, 6.45) is 0. The van der Waals surface area contributed by atoms with Gasteiger partial charge in [-0.1, -0.05) is 23.2 Å². The van der Waals surface area contributed by atoms with Crippen LogP contribution in [0, 0.1) is 0 Å². The van der Waals surface area contributed by atoms with E-state index in [1.807, 2.05) is 0 Å². The molecule has 0 aromatic heterocycles. The summed E-state index contributed by atoms with van der Waals surface area (Å²) < 4.78 is 28.3. The lowest BCUT2D eigenvalue weighted by molar-refractivity contribution is -0.114. The van der Waals surface area contributed by atoms with Crippen molar-refractivity contribution in [1.29, 1.82) is 0 Å². The normalized spacial score (nSPS) is 10.5. The van der Waals surface area contributed by atoms with Crippen LogP contribution in [0.2, 0.25) is 10.0 Å². The predicted octanol–water partition coefficient (Wildman–Crippen LogP) is 4.65. The monoisotopic (exact) mass is 360 g/mol. The van der Waals surface area contributed by atoms with Crippen LogP contribution in [0.5, 0.6) is 5.75 Å². The second-order valence-electron chi connectivity index (χ2n) is 4.43. The van der Waals surface area contributed by atoms with Gasteiger partial charge in [0.15, 0.2) is 0 Å². The van der Waals surface area contributed by atoms with E-state index in [1.165, 1.54) is 24.3 Å². The molecule has 0 bridgehead atoms. The smallest absolute Gasteiger partial charge is 0.387 e. The Kier molecular flexibility index (Phi) is 6.01. The van der Waals surface area contributed by atoms with E-state index in [9.17, 15) is 13.6 Å². The van der Waals surface area contributed by atoms with Crippen molar-refractivity contribution >= 4 is 40.5 Å². The maximum Gasteiger partial charge on any atom is 0.387 e. The van der Waals surface area contributed by atoms with Crippen LogP contribution in [-0.4, -0.2) is 19.1 Å². The van der Waals surface area contributed by atoms with E-state index in [2.05, 4.69) is 15.4 Å². The van der Waals surface area contributed by atoms with Gasteiger partial charge >= 0.3 is 6.61 Å². The molecule has 2 rings (SSSR count). The molecule has 0 fully saturated rings. The number of anilines is 2. The van der Waals surface area contributed by atoms with E-state index < -0.39 is 6.61 Å². The molecule has 2 N–H and O–H groups in total. The van der Waals surface area contributed by atoms with E-state index in [0.29, 0.717) is 21.4 Å². The average Bonchev–Trinajstić information content (AvgIpc) is 2.50. The van der Waals surface area contributed by atoms with Gasteiger partial charge in [0.2, 0.25) is 5.91 Å². The Morgan fingerprint density at radius 3 is 2.48 bits per heavy atom. The Morgan fingerprint density at radius 2 is 1.83 bits per heavy atom. The lowest BCUT2D eigenvalue weighted by atomic mass is 10.3. The summed E-state index contributed by atoms with van der Waals surface area (Å²) in [6, 6.07) is 10.5. The van der Waals surface area contributed by atoms with Crippen molar-refractivity contribution in [3.63, 3.8) is 0 Å². The molecule has 122 valence electrons. The number of carbonyl (C=O) groups excluding carboxylic acids is 1. The lowest BCUT2D eigenvalue weighted by Gasteiger charge is -2.10. The minimum absolute atomic E-state index is 0.0156. The summed E-state index contributed by atoms with van der Waals surface area (Å²) in [4.78, 5) is 11.8. The molecular weight excluding hydrogens is 349 g/mol. The number of benzene rings is 2. The molecule has 4 nitrogen and oxygen atoms in total. The van der Waals surface area contributed by atoms with E-state index >= 15 is 0 Å². The van der Waals surface area contributed by atoms with Crippen LogP contribution >= 0.6 is 23.2 Å². The molecule has 0 atom stereocenters. The maximum absolute atomic E-state index is 12.0. The molecule has 0 heterocycles. The van der Waals surface area contributed by atoms with E-state index in [0.717, 1.165) is 0 Å². The second-order valence-corrected chi connectivity index (χ2v) is 5.27. The number of halogens is 4. The standard InChI is InChI=1S/C15H12Cl2F2N2O2/c16-9-1-6-12(17)13(7-9)20-8-14(22)21-10-2-4-11(5-3-10)23-15(18)19/h1-7,15,20H,8H2,(H,21,22). The summed E-state index contributed by atoms with van der Waals surface area (Å²) in [5.74, 6) is -0.314. The fourth-order valence-corrected chi connectivity index (χ4v) is 2.09. The van der Waals surface area contributed by atoms with Crippen LogP contribution in [0.1, 0.15) is 0 Å². The minimum Gasteiger partial charge on any atom is -0.435 e. The highest BCUT2D eigenvalue weighted by Crippen LogP contribution is 2.25. The first kappa shape index (κ1) is 17.3. The number of hydrogen-bond acceptors (Lipinski definition) is 3. The molecule has 23 heavy (non-hydrogen) atoms. The third-order valence-corrected chi connectivity index (χ3v) is 3.30. The van der Waals surface area contributed by atoms with Gasteiger partial charge in [-0.15, -0.1) is 0 Å². The van der Waals surface area contributed by atoms with Crippen molar-refractivity contribution in [2.45, 2.75) is 6.61 Å². The average molecular weight is 361 g/mol. The van der Waals surface area contributed by atoms with Crippen molar-refractivity contribution in [3.8, 4) is 5.75 Å². The first-order valence-corrected chi connectivity index (χ1v) is 7.23. The van der Waals surface area contributed by atoms with Gasteiger partial charge in [-0.2, -0.15) is 8.78 Å². The van der Waals surface area contributed by atoms with Crippen LogP contribution in [0.25, 0.3) is 0 Å². The quantitative estimate of drug-likeness (QED) is 0.788. The fourth-order valence-electron chi connectivity index (χ4n) is 1.73. The van der Waals surface area contributed by atoms with E-state index in [4.69, 9.17) is 23.2 Å². The van der Waals surface area contributed by atoms with Crippen molar-refractivity contribution in [1.82, 2.24) is 0 Å². The molecule has 0 spiro atoms. The van der Waals surface area contributed by atoms with Crippen LogP contribution in [0.4, 0.5) is 20.2 Å². The Hall–Kier alpha value is -2.05. The molecule has 0 radical (unpaired) electrons. The zero-order chi connectivity index (χ0) is 16.8. The first-order valence-electron chi connectivity index (χ1n) is 6.47. The Bertz CT molecular complexity index is 682. The number of carbonyl (C=O) groups is 1. The second kappa shape index (κ2) is 7.99. The van der Waals surface area contributed by atoms with Crippen LogP contribution in [-0.2, 0) is 4.79 Å².